The smallest absolute Gasteiger partial charge is 0.429 e. The van der Waals surface area contributed by atoms with Gasteiger partial charge in [-0.2, -0.15) is 8.78 Å². The molecule has 0 fully saturated rings. The number of benzene rings is 3. The standard InChI is InChI=1S/C27H20F6O3/c1-3-14-7-15-5-6-16(9-17(15)8-14)26(34)35-18-10-23(30)25(24(31)11-18)27(32,33)36-19-12-21(28)20(4-2)22(29)13-19/h4-6,9-14H,2-3,7-8H2,1H3. The van der Waals surface area contributed by atoms with Crippen LogP contribution in [0.3, 0.4) is 0 Å². The maximum absolute atomic E-state index is 14.6. The molecule has 1 atom stereocenters. The Morgan fingerprint density at radius 1 is 0.944 bits per heavy atom. The first-order valence-electron chi connectivity index (χ1n) is 11.0. The van der Waals surface area contributed by atoms with Crippen molar-refractivity contribution < 1.29 is 40.6 Å². The summed E-state index contributed by atoms with van der Waals surface area (Å²) in [7, 11) is 0. The van der Waals surface area contributed by atoms with Gasteiger partial charge in [-0.25, -0.2) is 22.4 Å². The van der Waals surface area contributed by atoms with Crippen LogP contribution in [0.25, 0.3) is 6.08 Å². The number of hydrogen-bond donors (Lipinski definition) is 0. The molecule has 4 rings (SSSR count). The van der Waals surface area contributed by atoms with Gasteiger partial charge in [0.2, 0.25) is 0 Å². The summed E-state index contributed by atoms with van der Waals surface area (Å²) in [5, 5.41) is 0. The van der Waals surface area contributed by atoms with Gasteiger partial charge in [-0.05, 0) is 42.0 Å². The van der Waals surface area contributed by atoms with E-state index in [1.807, 2.05) is 0 Å². The number of rotatable bonds is 7. The van der Waals surface area contributed by atoms with Gasteiger partial charge in [-0.1, -0.05) is 32.1 Å². The van der Waals surface area contributed by atoms with Gasteiger partial charge >= 0.3 is 12.1 Å². The van der Waals surface area contributed by atoms with Gasteiger partial charge in [0, 0.05) is 29.8 Å². The molecule has 0 saturated carbocycles. The van der Waals surface area contributed by atoms with Gasteiger partial charge in [0.1, 0.15) is 40.3 Å². The van der Waals surface area contributed by atoms with E-state index in [0.717, 1.165) is 36.5 Å². The fraction of sp³-hybridized carbons (Fsp3) is 0.222. The minimum absolute atomic E-state index is 0.149. The predicted molar refractivity (Wildman–Crippen MR) is 120 cm³/mol. The quantitative estimate of drug-likeness (QED) is 0.191. The first-order valence-corrected chi connectivity index (χ1v) is 11.0. The molecule has 0 radical (unpaired) electrons. The van der Waals surface area contributed by atoms with Crippen LogP contribution in [0.4, 0.5) is 26.3 Å². The van der Waals surface area contributed by atoms with Gasteiger partial charge in [0.05, 0.1) is 5.56 Å². The highest BCUT2D eigenvalue weighted by molar-refractivity contribution is 5.91. The minimum Gasteiger partial charge on any atom is -0.429 e. The van der Waals surface area contributed by atoms with Crippen molar-refractivity contribution in [1.82, 2.24) is 0 Å². The zero-order chi connectivity index (χ0) is 26.2. The topological polar surface area (TPSA) is 35.5 Å². The Morgan fingerprint density at radius 2 is 1.53 bits per heavy atom. The van der Waals surface area contributed by atoms with Gasteiger partial charge in [-0.15, -0.1) is 0 Å². The molecule has 3 aromatic carbocycles. The van der Waals surface area contributed by atoms with E-state index in [1.54, 1.807) is 12.1 Å². The molecular formula is C27H20F6O3. The molecule has 3 nitrogen and oxygen atoms in total. The molecule has 9 heteroatoms. The molecule has 0 amide bonds. The van der Waals surface area contributed by atoms with Crippen molar-refractivity contribution in [3.63, 3.8) is 0 Å². The zero-order valence-electron chi connectivity index (χ0n) is 19.0. The summed E-state index contributed by atoms with van der Waals surface area (Å²) < 4.78 is 95.2. The van der Waals surface area contributed by atoms with Crippen molar-refractivity contribution >= 4 is 12.0 Å². The second-order valence-electron chi connectivity index (χ2n) is 8.44. The largest absolute Gasteiger partial charge is 0.432 e. The molecule has 1 aliphatic carbocycles. The monoisotopic (exact) mass is 506 g/mol. The predicted octanol–water partition coefficient (Wildman–Crippen LogP) is 7.36. The van der Waals surface area contributed by atoms with Gasteiger partial charge < -0.3 is 9.47 Å². The van der Waals surface area contributed by atoms with E-state index in [-0.39, 0.29) is 5.56 Å². The van der Waals surface area contributed by atoms with Crippen molar-refractivity contribution in [2.45, 2.75) is 32.3 Å². The highest BCUT2D eigenvalue weighted by Crippen LogP contribution is 2.38. The summed E-state index contributed by atoms with van der Waals surface area (Å²) in [5.74, 6) is -8.17. The van der Waals surface area contributed by atoms with E-state index in [4.69, 9.17) is 4.74 Å². The maximum atomic E-state index is 14.6. The molecule has 0 aromatic heterocycles. The Balaban J connectivity index is 1.54. The lowest BCUT2D eigenvalue weighted by Gasteiger charge is -2.20. The molecule has 0 N–H and O–H groups in total. The third kappa shape index (κ3) is 4.96. The minimum atomic E-state index is -4.65. The molecular weight excluding hydrogens is 486 g/mol. The van der Waals surface area contributed by atoms with Crippen molar-refractivity contribution in [3.8, 4) is 11.5 Å². The van der Waals surface area contributed by atoms with E-state index in [1.165, 1.54) is 6.07 Å². The number of ether oxygens (including phenoxy) is 2. The summed E-state index contributed by atoms with van der Waals surface area (Å²) in [6, 6.07) is 6.62. The van der Waals surface area contributed by atoms with E-state index in [0.29, 0.717) is 30.2 Å². The molecule has 1 unspecified atom stereocenters. The van der Waals surface area contributed by atoms with Crippen LogP contribution in [0.2, 0.25) is 0 Å². The normalized spacial score (nSPS) is 14.9. The second kappa shape index (κ2) is 9.72. The number of fused-ring (bicyclic) bond motifs is 1. The Labute approximate surface area is 203 Å². The van der Waals surface area contributed by atoms with Crippen LogP contribution >= 0.6 is 0 Å². The van der Waals surface area contributed by atoms with Crippen LogP contribution in [-0.4, -0.2) is 5.97 Å². The Bertz CT molecular complexity index is 1310. The number of alkyl halides is 2. The van der Waals surface area contributed by atoms with Gasteiger partial charge in [-0.3, -0.25) is 0 Å². The van der Waals surface area contributed by atoms with E-state index < -0.39 is 58.0 Å². The van der Waals surface area contributed by atoms with Crippen LogP contribution in [0.5, 0.6) is 11.5 Å². The number of carbonyl (C=O) groups excluding carboxylic acids is 1. The van der Waals surface area contributed by atoms with Crippen molar-refractivity contribution in [2.75, 3.05) is 0 Å². The van der Waals surface area contributed by atoms with E-state index in [2.05, 4.69) is 18.2 Å². The fourth-order valence-corrected chi connectivity index (χ4v) is 4.19. The summed E-state index contributed by atoms with van der Waals surface area (Å²) in [6.07, 6.45) is -1.15. The first kappa shape index (κ1) is 25.3. The Hall–Kier alpha value is -3.75. The van der Waals surface area contributed by atoms with Crippen molar-refractivity contribution in [3.05, 3.63) is 100 Å². The van der Waals surface area contributed by atoms with Crippen molar-refractivity contribution in [1.29, 1.82) is 0 Å². The van der Waals surface area contributed by atoms with Gasteiger partial charge in [0.25, 0.3) is 0 Å². The third-order valence-electron chi connectivity index (χ3n) is 6.06. The Morgan fingerprint density at radius 3 is 2.11 bits per heavy atom. The molecule has 36 heavy (non-hydrogen) atoms. The SMILES string of the molecule is C=Cc1c(F)cc(OC(F)(F)c2c(F)cc(OC(=O)c3ccc4c(c3)CC(CC)C4)cc2F)cc1F. The second-order valence-corrected chi connectivity index (χ2v) is 8.44. The molecule has 0 heterocycles. The zero-order valence-corrected chi connectivity index (χ0v) is 19.0. The molecule has 188 valence electrons. The van der Waals surface area contributed by atoms with Crippen LogP contribution in [-0.2, 0) is 19.0 Å². The van der Waals surface area contributed by atoms with E-state index in [9.17, 15) is 31.1 Å². The summed E-state index contributed by atoms with van der Waals surface area (Å²) >= 11 is 0. The fourth-order valence-electron chi connectivity index (χ4n) is 4.19. The number of halogens is 6. The van der Waals surface area contributed by atoms with Crippen LogP contribution in [0.1, 0.15) is 46.0 Å². The molecule has 1 aliphatic rings. The number of esters is 1. The number of carbonyl (C=O) groups is 1. The van der Waals surface area contributed by atoms with E-state index >= 15 is 0 Å². The lowest BCUT2D eigenvalue weighted by atomic mass is 10.0. The molecule has 0 bridgehead atoms. The van der Waals surface area contributed by atoms with Crippen LogP contribution < -0.4 is 9.47 Å². The maximum Gasteiger partial charge on any atom is 0.432 e. The summed E-state index contributed by atoms with van der Waals surface area (Å²) in [6.45, 7) is 5.26. The summed E-state index contributed by atoms with van der Waals surface area (Å²) in [5.41, 5.74) is -0.159. The number of hydrogen-bond acceptors (Lipinski definition) is 3. The average molecular weight is 506 g/mol. The highest BCUT2D eigenvalue weighted by Gasteiger charge is 2.41. The van der Waals surface area contributed by atoms with Crippen molar-refractivity contribution in [2.24, 2.45) is 5.92 Å². The molecule has 3 aromatic rings. The van der Waals surface area contributed by atoms with Crippen LogP contribution in [0, 0.1) is 29.2 Å². The average Bonchev–Trinajstić information content (AvgIpc) is 3.20. The van der Waals surface area contributed by atoms with Crippen LogP contribution in [0.15, 0.2) is 49.0 Å². The highest BCUT2D eigenvalue weighted by atomic mass is 19.3. The molecule has 0 aliphatic heterocycles. The lowest BCUT2D eigenvalue weighted by Crippen LogP contribution is -2.25. The third-order valence-corrected chi connectivity index (χ3v) is 6.06. The summed E-state index contributed by atoms with van der Waals surface area (Å²) in [4.78, 5) is 12.5. The molecule has 0 saturated heterocycles. The lowest BCUT2D eigenvalue weighted by molar-refractivity contribution is -0.189. The first-order chi connectivity index (χ1) is 17.0. The van der Waals surface area contributed by atoms with Gasteiger partial charge in [0.15, 0.2) is 0 Å². The Kier molecular flexibility index (Phi) is 6.84. The molecule has 0 spiro atoms.